The summed E-state index contributed by atoms with van der Waals surface area (Å²) in [5, 5.41) is 10.4. The molecule has 0 unspecified atom stereocenters. The number of pyridine rings is 1. The van der Waals surface area contributed by atoms with Crippen LogP contribution < -0.4 is 0 Å². The van der Waals surface area contributed by atoms with Gasteiger partial charge in [-0.25, -0.2) is 0 Å². The summed E-state index contributed by atoms with van der Waals surface area (Å²) in [7, 11) is 0. The molecule has 0 saturated heterocycles. The van der Waals surface area contributed by atoms with Gasteiger partial charge in [-0.3, -0.25) is 4.98 Å². The molecule has 0 fully saturated rings. The highest BCUT2D eigenvalue weighted by atomic mass is 14.7. The minimum atomic E-state index is -0.106. The molecule has 174 valence electrons. The van der Waals surface area contributed by atoms with Gasteiger partial charge in [0.1, 0.15) is 0 Å². The van der Waals surface area contributed by atoms with Gasteiger partial charge >= 0.3 is 0 Å². The summed E-state index contributed by atoms with van der Waals surface area (Å²) in [5.41, 5.74) is 7.57. The largest absolute Gasteiger partial charge is 0.256 e. The van der Waals surface area contributed by atoms with Crippen LogP contribution in [0.2, 0.25) is 0 Å². The van der Waals surface area contributed by atoms with Crippen LogP contribution >= 0.6 is 0 Å². The van der Waals surface area contributed by atoms with E-state index in [1.165, 1.54) is 65.3 Å². The van der Waals surface area contributed by atoms with E-state index < -0.39 is 0 Å². The van der Waals surface area contributed by atoms with E-state index in [0.717, 1.165) is 11.3 Å². The van der Waals surface area contributed by atoms with Gasteiger partial charge < -0.3 is 0 Å². The zero-order chi connectivity index (χ0) is 24.7. The molecule has 7 aromatic rings. The molecule has 1 nitrogen and oxygen atoms in total. The van der Waals surface area contributed by atoms with Gasteiger partial charge in [-0.2, -0.15) is 0 Å². The van der Waals surface area contributed by atoms with E-state index in [2.05, 4.69) is 123 Å². The molecule has 0 atom stereocenters. The molecule has 8 rings (SSSR count). The van der Waals surface area contributed by atoms with Crippen molar-refractivity contribution in [3.05, 3.63) is 127 Å². The fourth-order valence-corrected chi connectivity index (χ4v) is 6.72. The van der Waals surface area contributed by atoms with Gasteiger partial charge in [0.2, 0.25) is 0 Å². The van der Waals surface area contributed by atoms with E-state index in [1.54, 1.807) is 0 Å². The average Bonchev–Trinajstić information content (AvgIpc) is 3.18. The Morgan fingerprint density at radius 1 is 0.541 bits per heavy atom. The predicted octanol–water partition coefficient (Wildman–Crippen LogP) is 9.67. The van der Waals surface area contributed by atoms with Crippen LogP contribution in [0.25, 0.3) is 65.5 Å². The third-order valence-corrected chi connectivity index (χ3v) is 8.44. The lowest BCUT2D eigenvalue weighted by Crippen LogP contribution is -2.15. The Balaban J connectivity index is 1.44. The fourth-order valence-electron chi connectivity index (χ4n) is 6.72. The van der Waals surface area contributed by atoms with Gasteiger partial charge in [0.15, 0.2) is 0 Å². The van der Waals surface area contributed by atoms with Gasteiger partial charge in [-0.15, -0.1) is 0 Å². The maximum Gasteiger partial charge on any atom is 0.0708 e. The van der Waals surface area contributed by atoms with E-state index >= 15 is 0 Å². The first-order valence-electron chi connectivity index (χ1n) is 13.0. The van der Waals surface area contributed by atoms with Crippen molar-refractivity contribution < 1.29 is 0 Å². The zero-order valence-corrected chi connectivity index (χ0v) is 20.9. The van der Waals surface area contributed by atoms with Crippen molar-refractivity contribution in [1.82, 2.24) is 4.98 Å². The first kappa shape index (κ1) is 20.7. The van der Waals surface area contributed by atoms with E-state index in [9.17, 15) is 0 Å². The Kier molecular flexibility index (Phi) is 4.06. The first-order valence-corrected chi connectivity index (χ1v) is 13.0. The Morgan fingerprint density at radius 2 is 1.16 bits per heavy atom. The number of hydrogen-bond acceptors (Lipinski definition) is 1. The van der Waals surface area contributed by atoms with Crippen LogP contribution in [0.15, 0.2) is 115 Å². The van der Waals surface area contributed by atoms with Crippen molar-refractivity contribution in [2.24, 2.45) is 0 Å². The van der Waals surface area contributed by atoms with Gasteiger partial charge in [0.25, 0.3) is 0 Å². The second-order valence-electron chi connectivity index (χ2n) is 10.8. The summed E-state index contributed by atoms with van der Waals surface area (Å²) < 4.78 is 0. The molecule has 1 heteroatoms. The Labute approximate surface area is 216 Å². The molecular formula is C36H25N. The number of nitrogens with zero attached hydrogens (tertiary/aromatic N) is 1. The SMILES string of the molecule is CC1(C)c2ccc(-c3cc4ccccc4cn3)cc2-c2ccc3c4ccccc4c4ccccc4c3c21. The molecule has 0 aliphatic heterocycles. The van der Waals surface area contributed by atoms with Crippen LogP contribution in [-0.2, 0) is 5.41 Å². The van der Waals surface area contributed by atoms with Crippen LogP contribution in [0.3, 0.4) is 0 Å². The van der Waals surface area contributed by atoms with E-state index in [4.69, 9.17) is 4.98 Å². The molecule has 0 amide bonds. The maximum absolute atomic E-state index is 4.82. The summed E-state index contributed by atoms with van der Waals surface area (Å²) in [6, 6.07) is 40.0. The molecule has 1 heterocycles. The van der Waals surface area contributed by atoms with Crippen LogP contribution in [0.5, 0.6) is 0 Å². The van der Waals surface area contributed by atoms with Crippen molar-refractivity contribution in [2.45, 2.75) is 19.3 Å². The van der Waals surface area contributed by atoms with Gasteiger partial charge in [0.05, 0.1) is 5.69 Å². The Bertz CT molecular complexity index is 2030. The summed E-state index contributed by atoms with van der Waals surface area (Å²) in [6.45, 7) is 4.77. The summed E-state index contributed by atoms with van der Waals surface area (Å²) in [5.74, 6) is 0. The smallest absolute Gasteiger partial charge is 0.0708 e. The normalized spacial score (nSPS) is 13.9. The van der Waals surface area contributed by atoms with Crippen molar-refractivity contribution in [2.75, 3.05) is 0 Å². The Morgan fingerprint density at radius 3 is 1.92 bits per heavy atom. The quantitative estimate of drug-likeness (QED) is 0.217. The maximum atomic E-state index is 4.82. The molecular weight excluding hydrogens is 446 g/mol. The molecule has 0 bridgehead atoms. The minimum absolute atomic E-state index is 0.106. The lowest BCUT2D eigenvalue weighted by molar-refractivity contribution is 0.667. The third kappa shape index (κ3) is 2.77. The summed E-state index contributed by atoms with van der Waals surface area (Å²) in [6.07, 6.45) is 1.99. The number of aromatic nitrogens is 1. The van der Waals surface area contributed by atoms with Crippen molar-refractivity contribution in [3.8, 4) is 22.4 Å². The van der Waals surface area contributed by atoms with E-state index in [1.807, 2.05) is 6.20 Å². The molecule has 37 heavy (non-hydrogen) atoms. The third-order valence-electron chi connectivity index (χ3n) is 8.44. The minimum Gasteiger partial charge on any atom is -0.256 e. The van der Waals surface area contributed by atoms with Crippen LogP contribution in [0, 0.1) is 0 Å². The molecule has 0 spiro atoms. The molecule has 1 aliphatic carbocycles. The lowest BCUT2D eigenvalue weighted by atomic mass is 9.78. The monoisotopic (exact) mass is 471 g/mol. The Hall–Kier alpha value is -4.49. The molecule has 1 aliphatic rings. The van der Waals surface area contributed by atoms with E-state index in [0.29, 0.717) is 0 Å². The van der Waals surface area contributed by atoms with Crippen LogP contribution in [-0.4, -0.2) is 4.98 Å². The van der Waals surface area contributed by atoms with Crippen molar-refractivity contribution in [1.29, 1.82) is 0 Å². The number of fused-ring (bicyclic) bond motifs is 11. The molecule has 0 saturated carbocycles. The number of rotatable bonds is 1. The van der Waals surface area contributed by atoms with Gasteiger partial charge in [0, 0.05) is 22.6 Å². The second kappa shape index (κ2) is 7.27. The van der Waals surface area contributed by atoms with Crippen molar-refractivity contribution >= 4 is 43.1 Å². The standard InChI is InChI=1S/C36H25N/c1-36(2)32-18-15-23(33-20-22-9-3-4-10-24(22)21-37-33)19-31(32)30-17-16-29-27-13-6-5-11-25(27)26-12-7-8-14-28(26)34(29)35(30)36/h3-21H,1-2H3. The highest BCUT2D eigenvalue weighted by molar-refractivity contribution is 6.27. The van der Waals surface area contributed by atoms with Gasteiger partial charge in [-0.1, -0.05) is 111 Å². The summed E-state index contributed by atoms with van der Waals surface area (Å²) in [4.78, 5) is 4.82. The zero-order valence-electron chi connectivity index (χ0n) is 20.9. The average molecular weight is 472 g/mol. The molecule has 6 aromatic carbocycles. The fraction of sp³-hybridized carbons (Fsp3) is 0.0833. The molecule has 0 N–H and O–H groups in total. The van der Waals surface area contributed by atoms with Crippen molar-refractivity contribution in [3.63, 3.8) is 0 Å². The topological polar surface area (TPSA) is 12.9 Å². The second-order valence-corrected chi connectivity index (χ2v) is 10.8. The first-order chi connectivity index (χ1) is 18.1. The predicted molar refractivity (Wildman–Crippen MR) is 157 cm³/mol. The van der Waals surface area contributed by atoms with E-state index in [-0.39, 0.29) is 5.41 Å². The number of benzene rings is 6. The van der Waals surface area contributed by atoms with Crippen LogP contribution in [0.4, 0.5) is 0 Å². The van der Waals surface area contributed by atoms with Gasteiger partial charge in [-0.05, 0) is 72.1 Å². The molecule has 1 aromatic heterocycles. The van der Waals surface area contributed by atoms with Crippen LogP contribution in [0.1, 0.15) is 25.0 Å². The highest BCUT2D eigenvalue weighted by Gasteiger charge is 2.37. The highest BCUT2D eigenvalue weighted by Crippen LogP contribution is 2.54. The summed E-state index contributed by atoms with van der Waals surface area (Å²) >= 11 is 0. The molecule has 0 radical (unpaired) electrons. The number of hydrogen-bond donors (Lipinski definition) is 0. The lowest BCUT2D eigenvalue weighted by Gasteiger charge is -2.24.